The summed E-state index contributed by atoms with van der Waals surface area (Å²) in [7, 11) is 0. The molecule has 1 fully saturated rings. The summed E-state index contributed by atoms with van der Waals surface area (Å²) in [4.78, 5) is 14.3. The lowest BCUT2D eigenvalue weighted by Gasteiger charge is -2.44. The first-order valence-corrected chi connectivity index (χ1v) is 13.7. The third-order valence-electron chi connectivity index (χ3n) is 6.61. The van der Waals surface area contributed by atoms with Gasteiger partial charge >= 0.3 is 0 Å². The van der Waals surface area contributed by atoms with Crippen LogP contribution in [-0.2, 0) is 9.53 Å². The monoisotopic (exact) mass is 485 g/mol. The van der Waals surface area contributed by atoms with Gasteiger partial charge in [-0.3, -0.25) is 4.79 Å². The van der Waals surface area contributed by atoms with Gasteiger partial charge in [-0.2, -0.15) is 0 Å². The Morgan fingerprint density at radius 2 is 1.32 bits per heavy atom. The molecule has 0 aromatic heterocycles. The molecule has 0 spiro atoms. The molecule has 0 saturated carbocycles. The molecule has 7 nitrogen and oxygen atoms in total. The van der Waals surface area contributed by atoms with Crippen LogP contribution in [0.1, 0.15) is 110 Å². The van der Waals surface area contributed by atoms with E-state index in [0.29, 0.717) is 19.4 Å². The van der Waals surface area contributed by atoms with Gasteiger partial charge in [0.2, 0.25) is 5.91 Å². The maximum atomic E-state index is 12.8. The van der Waals surface area contributed by atoms with Crippen LogP contribution < -0.4 is 0 Å². The number of nitrogens with zero attached hydrogens (tertiary/aromatic N) is 1. The van der Waals surface area contributed by atoms with Crippen molar-refractivity contribution in [2.75, 3.05) is 13.2 Å². The maximum absolute atomic E-state index is 12.8. The molecule has 1 aliphatic heterocycles. The molecule has 1 heterocycles. The minimum absolute atomic E-state index is 0.135. The highest BCUT2D eigenvalue weighted by Crippen LogP contribution is 2.25. The first-order valence-electron chi connectivity index (χ1n) is 13.7. The normalized spacial score (nSPS) is 25.2. The Hall–Kier alpha value is -0.990. The van der Waals surface area contributed by atoms with Gasteiger partial charge in [0.25, 0.3) is 0 Å². The number of carbonyl (C=O) groups is 1. The van der Waals surface area contributed by atoms with Gasteiger partial charge < -0.3 is 30.1 Å². The van der Waals surface area contributed by atoms with Gasteiger partial charge in [-0.1, -0.05) is 77.4 Å². The Bertz CT molecular complexity index is 541. The minimum Gasteiger partial charge on any atom is -0.394 e. The Balaban J connectivity index is 2.21. The molecular weight excluding hydrogens is 434 g/mol. The van der Waals surface area contributed by atoms with E-state index in [4.69, 9.17) is 4.74 Å². The SMILES string of the molecule is CCCCCCCC/C=C\CCCCCCCC(=O)N(CCC)C1O[C@H](CO)[C@@H](O)[C@H](O)[C@H]1O. The largest absolute Gasteiger partial charge is 0.394 e. The molecule has 1 unspecified atom stereocenters. The topological polar surface area (TPSA) is 110 Å². The van der Waals surface area contributed by atoms with Gasteiger partial charge in [0.15, 0.2) is 6.23 Å². The average molecular weight is 486 g/mol. The standard InChI is InChI=1S/C27H51NO6/c1-3-5-6-7-8-9-10-11-12-13-14-15-16-17-18-19-23(30)28(20-4-2)27-26(33)25(32)24(31)22(21-29)34-27/h11-12,22,24-27,29,31-33H,3-10,13-21H2,1-2H3/b12-11-/t22-,24-,25+,26-,27?/m1/s1. The zero-order valence-corrected chi connectivity index (χ0v) is 21.6. The maximum Gasteiger partial charge on any atom is 0.224 e. The van der Waals surface area contributed by atoms with Gasteiger partial charge in [0.05, 0.1) is 6.61 Å². The van der Waals surface area contributed by atoms with Crippen LogP contribution in [0, 0.1) is 0 Å². The number of allylic oxidation sites excluding steroid dienone is 2. The number of carbonyl (C=O) groups excluding carboxylic acids is 1. The van der Waals surface area contributed by atoms with E-state index in [2.05, 4.69) is 19.1 Å². The van der Waals surface area contributed by atoms with Crippen LogP contribution in [0.15, 0.2) is 12.2 Å². The van der Waals surface area contributed by atoms with Crippen LogP contribution in [0.5, 0.6) is 0 Å². The van der Waals surface area contributed by atoms with E-state index in [-0.39, 0.29) is 5.91 Å². The lowest BCUT2D eigenvalue weighted by Crippen LogP contribution is -2.64. The van der Waals surface area contributed by atoms with E-state index in [1.807, 2.05) is 6.92 Å². The highest BCUT2D eigenvalue weighted by Gasteiger charge is 2.46. The van der Waals surface area contributed by atoms with Crippen LogP contribution in [-0.4, -0.2) is 75.0 Å². The van der Waals surface area contributed by atoms with Gasteiger partial charge in [0, 0.05) is 13.0 Å². The van der Waals surface area contributed by atoms with Gasteiger partial charge in [-0.25, -0.2) is 0 Å². The van der Waals surface area contributed by atoms with Gasteiger partial charge in [-0.05, 0) is 38.5 Å². The number of amides is 1. The number of ether oxygens (including phenoxy) is 1. The first kappa shape index (κ1) is 31.0. The van der Waals surface area contributed by atoms with Crippen molar-refractivity contribution in [3.63, 3.8) is 0 Å². The fourth-order valence-electron chi connectivity index (χ4n) is 4.46. The summed E-state index contributed by atoms with van der Waals surface area (Å²) in [6.07, 6.45) is 14.8. The third kappa shape index (κ3) is 11.6. The number of rotatable bonds is 19. The molecular formula is C27H51NO6. The molecule has 200 valence electrons. The highest BCUT2D eigenvalue weighted by molar-refractivity contribution is 5.76. The molecule has 7 heteroatoms. The summed E-state index contributed by atoms with van der Waals surface area (Å²) >= 11 is 0. The Labute approximate surface area is 207 Å². The Morgan fingerprint density at radius 1 is 0.765 bits per heavy atom. The zero-order chi connectivity index (χ0) is 25.2. The molecule has 4 N–H and O–H groups in total. The smallest absolute Gasteiger partial charge is 0.224 e. The molecule has 0 aromatic carbocycles. The van der Waals surface area contributed by atoms with Crippen molar-refractivity contribution in [3.8, 4) is 0 Å². The molecule has 0 aliphatic carbocycles. The van der Waals surface area contributed by atoms with Crippen LogP contribution in [0.4, 0.5) is 0 Å². The predicted molar refractivity (Wildman–Crippen MR) is 135 cm³/mol. The van der Waals surface area contributed by atoms with Crippen molar-refractivity contribution in [2.24, 2.45) is 0 Å². The summed E-state index contributed by atoms with van der Waals surface area (Å²) < 4.78 is 5.58. The van der Waals surface area contributed by atoms with Crippen LogP contribution >= 0.6 is 0 Å². The Kier molecular flexibility index (Phi) is 17.6. The van der Waals surface area contributed by atoms with E-state index < -0.39 is 37.3 Å². The van der Waals surface area contributed by atoms with Gasteiger partial charge in [-0.15, -0.1) is 0 Å². The van der Waals surface area contributed by atoms with E-state index in [0.717, 1.165) is 32.1 Å². The number of aliphatic hydroxyl groups excluding tert-OH is 4. The molecule has 0 bridgehead atoms. The fourth-order valence-corrected chi connectivity index (χ4v) is 4.46. The molecule has 1 aliphatic rings. The van der Waals surface area contributed by atoms with Crippen LogP contribution in [0.3, 0.4) is 0 Å². The molecule has 1 rings (SSSR count). The predicted octanol–water partition coefficient (Wildman–Crippen LogP) is 4.06. The molecule has 1 saturated heterocycles. The number of unbranched alkanes of at least 4 members (excludes halogenated alkanes) is 11. The minimum atomic E-state index is -1.47. The Morgan fingerprint density at radius 3 is 1.88 bits per heavy atom. The molecule has 0 aromatic rings. The quantitative estimate of drug-likeness (QED) is 0.162. The van der Waals surface area contributed by atoms with Gasteiger partial charge in [0.1, 0.15) is 24.4 Å². The lowest BCUT2D eigenvalue weighted by atomic mass is 9.97. The van der Waals surface area contributed by atoms with Crippen molar-refractivity contribution in [3.05, 3.63) is 12.2 Å². The second kappa shape index (κ2) is 19.2. The van der Waals surface area contributed by atoms with Crippen molar-refractivity contribution in [2.45, 2.75) is 141 Å². The fraction of sp³-hybridized carbons (Fsp3) is 0.889. The molecule has 34 heavy (non-hydrogen) atoms. The van der Waals surface area contributed by atoms with Crippen molar-refractivity contribution >= 4 is 5.91 Å². The summed E-state index contributed by atoms with van der Waals surface area (Å²) in [5.41, 5.74) is 0. The van der Waals surface area contributed by atoms with E-state index in [9.17, 15) is 25.2 Å². The van der Waals surface area contributed by atoms with E-state index in [1.165, 1.54) is 56.3 Å². The van der Waals surface area contributed by atoms with Crippen molar-refractivity contribution < 1.29 is 30.0 Å². The molecule has 1 amide bonds. The van der Waals surface area contributed by atoms with E-state index >= 15 is 0 Å². The number of aliphatic hydroxyl groups is 4. The van der Waals surface area contributed by atoms with Crippen molar-refractivity contribution in [1.82, 2.24) is 4.90 Å². The number of hydrogen-bond acceptors (Lipinski definition) is 6. The summed E-state index contributed by atoms with van der Waals surface area (Å²) in [5, 5.41) is 39.8. The summed E-state index contributed by atoms with van der Waals surface area (Å²) in [6, 6.07) is 0. The average Bonchev–Trinajstić information content (AvgIpc) is 2.84. The summed E-state index contributed by atoms with van der Waals surface area (Å²) in [6.45, 7) is 4.06. The molecule has 0 radical (unpaired) electrons. The lowest BCUT2D eigenvalue weighted by molar-refractivity contribution is -0.262. The first-order chi connectivity index (χ1) is 16.5. The second-order valence-corrected chi connectivity index (χ2v) is 9.64. The van der Waals surface area contributed by atoms with E-state index in [1.54, 1.807) is 0 Å². The zero-order valence-electron chi connectivity index (χ0n) is 21.6. The second-order valence-electron chi connectivity index (χ2n) is 9.64. The van der Waals surface area contributed by atoms with Crippen LogP contribution in [0.2, 0.25) is 0 Å². The third-order valence-corrected chi connectivity index (χ3v) is 6.61. The summed E-state index contributed by atoms with van der Waals surface area (Å²) in [5.74, 6) is -0.135. The highest BCUT2D eigenvalue weighted by atomic mass is 16.6. The number of hydrogen-bond donors (Lipinski definition) is 4. The van der Waals surface area contributed by atoms with Crippen molar-refractivity contribution in [1.29, 1.82) is 0 Å². The molecule has 5 atom stereocenters. The van der Waals surface area contributed by atoms with Crippen LogP contribution in [0.25, 0.3) is 0 Å².